The first-order valence-electron chi connectivity index (χ1n) is 7.50. The van der Waals surface area contributed by atoms with Crippen molar-refractivity contribution >= 4 is 16.9 Å². The van der Waals surface area contributed by atoms with Gasteiger partial charge in [-0.3, -0.25) is 10.4 Å². The fourth-order valence-corrected chi connectivity index (χ4v) is 4.45. The van der Waals surface area contributed by atoms with Crippen LogP contribution in [-0.4, -0.2) is 34.6 Å². The molecule has 0 amide bonds. The average Bonchev–Trinajstić information content (AvgIpc) is 2.78. The standard InChI is InChI=1S/C14H25N3S/c1-12-5-7-14(8-6-12)11-18-13(15-14)16-17-9-3-2-4-10-17/h12H,2-11H2,1H3,(H,15,16). The summed E-state index contributed by atoms with van der Waals surface area (Å²) >= 11 is 1.94. The minimum Gasteiger partial charge on any atom is -0.298 e. The molecule has 2 heterocycles. The Balaban J connectivity index is 1.57. The van der Waals surface area contributed by atoms with E-state index in [9.17, 15) is 0 Å². The van der Waals surface area contributed by atoms with Crippen LogP contribution in [0.15, 0.2) is 4.99 Å². The van der Waals surface area contributed by atoms with E-state index in [1.807, 2.05) is 11.8 Å². The second-order valence-corrected chi connectivity index (χ2v) is 7.24. The van der Waals surface area contributed by atoms with Gasteiger partial charge in [-0.2, -0.15) is 0 Å². The van der Waals surface area contributed by atoms with Crippen molar-refractivity contribution in [2.24, 2.45) is 10.9 Å². The second-order valence-electron chi connectivity index (χ2n) is 6.27. The van der Waals surface area contributed by atoms with E-state index in [4.69, 9.17) is 4.99 Å². The zero-order valence-corrected chi connectivity index (χ0v) is 12.3. The molecular formula is C14H25N3S. The van der Waals surface area contributed by atoms with Gasteiger partial charge >= 0.3 is 0 Å². The lowest BCUT2D eigenvalue weighted by atomic mass is 9.79. The Labute approximate surface area is 115 Å². The smallest absolute Gasteiger partial charge is 0.171 e. The molecule has 18 heavy (non-hydrogen) atoms. The van der Waals surface area contributed by atoms with E-state index in [-0.39, 0.29) is 5.54 Å². The molecule has 0 aromatic heterocycles. The average molecular weight is 267 g/mol. The van der Waals surface area contributed by atoms with Crippen LogP contribution in [0.5, 0.6) is 0 Å². The molecule has 0 bridgehead atoms. The van der Waals surface area contributed by atoms with Crippen LogP contribution < -0.4 is 5.43 Å². The molecule has 1 spiro atoms. The van der Waals surface area contributed by atoms with Gasteiger partial charge in [0.05, 0.1) is 5.54 Å². The van der Waals surface area contributed by atoms with Crippen molar-refractivity contribution < 1.29 is 0 Å². The number of hydrazine groups is 1. The fraction of sp³-hybridized carbons (Fsp3) is 0.929. The van der Waals surface area contributed by atoms with Crippen LogP contribution in [-0.2, 0) is 0 Å². The maximum Gasteiger partial charge on any atom is 0.171 e. The zero-order valence-electron chi connectivity index (χ0n) is 11.5. The van der Waals surface area contributed by atoms with Crippen molar-refractivity contribution in [1.82, 2.24) is 10.4 Å². The first-order chi connectivity index (χ1) is 8.76. The number of thioether (sulfide) groups is 1. The molecule has 3 nitrogen and oxygen atoms in total. The van der Waals surface area contributed by atoms with Gasteiger partial charge in [0, 0.05) is 18.8 Å². The van der Waals surface area contributed by atoms with E-state index in [1.54, 1.807) is 0 Å². The molecule has 3 aliphatic rings. The van der Waals surface area contributed by atoms with Crippen LogP contribution in [0, 0.1) is 5.92 Å². The van der Waals surface area contributed by atoms with E-state index in [0.717, 1.165) is 5.92 Å². The van der Waals surface area contributed by atoms with Gasteiger partial charge in [-0.1, -0.05) is 25.1 Å². The summed E-state index contributed by atoms with van der Waals surface area (Å²) in [7, 11) is 0. The normalized spacial score (nSPS) is 37.8. The molecule has 1 saturated heterocycles. The maximum atomic E-state index is 5.03. The molecule has 1 aliphatic carbocycles. The molecule has 1 N–H and O–H groups in total. The summed E-state index contributed by atoms with van der Waals surface area (Å²) in [6.07, 6.45) is 9.36. The number of aliphatic imine (C=N–C) groups is 1. The van der Waals surface area contributed by atoms with Crippen molar-refractivity contribution in [3.8, 4) is 0 Å². The monoisotopic (exact) mass is 267 g/mol. The Morgan fingerprint density at radius 2 is 1.94 bits per heavy atom. The topological polar surface area (TPSA) is 27.6 Å². The largest absolute Gasteiger partial charge is 0.298 e. The Morgan fingerprint density at radius 1 is 1.22 bits per heavy atom. The van der Waals surface area contributed by atoms with Gasteiger partial charge in [0.2, 0.25) is 0 Å². The summed E-state index contributed by atoms with van der Waals surface area (Å²) < 4.78 is 0. The predicted octanol–water partition coefficient (Wildman–Crippen LogP) is 3.03. The molecule has 0 aromatic rings. The first-order valence-corrected chi connectivity index (χ1v) is 8.49. The molecule has 2 fully saturated rings. The third-order valence-corrected chi connectivity index (χ3v) is 5.77. The van der Waals surface area contributed by atoms with Crippen LogP contribution >= 0.6 is 11.8 Å². The second kappa shape index (κ2) is 5.41. The lowest BCUT2D eigenvalue weighted by Gasteiger charge is -2.32. The highest BCUT2D eigenvalue weighted by molar-refractivity contribution is 8.14. The lowest BCUT2D eigenvalue weighted by molar-refractivity contribution is 0.195. The van der Waals surface area contributed by atoms with Gasteiger partial charge in [-0.25, -0.2) is 5.01 Å². The van der Waals surface area contributed by atoms with Gasteiger partial charge in [0.25, 0.3) is 0 Å². The number of nitrogens with zero attached hydrogens (tertiary/aromatic N) is 2. The molecular weight excluding hydrogens is 242 g/mol. The number of amidine groups is 1. The Bertz CT molecular complexity index is 315. The molecule has 4 heteroatoms. The molecule has 0 radical (unpaired) electrons. The predicted molar refractivity (Wildman–Crippen MR) is 78.8 cm³/mol. The molecule has 2 aliphatic heterocycles. The Kier molecular flexibility index (Phi) is 3.85. The highest BCUT2D eigenvalue weighted by atomic mass is 32.2. The van der Waals surface area contributed by atoms with Crippen LogP contribution in [0.3, 0.4) is 0 Å². The summed E-state index contributed by atoms with van der Waals surface area (Å²) in [5, 5.41) is 3.55. The minimum absolute atomic E-state index is 0.287. The van der Waals surface area contributed by atoms with Crippen LogP contribution in [0.4, 0.5) is 0 Å². The number of hydrogen-bond donors (Lipinski definition) is 1. The minimum atomic E-state index is 0.287. The Hall–Kier alpha value is -0.220. The number of nitrogens with one attached hydrogen (secondary N) is 1. The van der Waals surface area contributed by atoms with Crippen LogP contribution in [0.25, 0.3) is 0 Å². The zero-order chi connectivity index (χ0) is 12.4. The van der Waals surface area contributed by atoms with Gasteiger partial charge < -0.3 is 0 Å². The van der Waals surface area contributed by atoms with Crippen molar-refractivity contribution in [2.75, 3.05) is 18.8 Å². The SMILES string of the molecule is CC1CCC2(CC1)CSC(NN1CCCCC1)=N2. The lowest BCUT2D eigenvalue weighted by Crippen LogP contribution is -2.43. The summed E-state index contributed by atoms with van der Waals surface area (Å²) in [4.78, 5) is 5.03. The van der Waals surface area contributed by atoms with E-state index < -0.39 is 0 Å². The first kappa shape index (κ1) is 12.8. The van der Waals surface area contributed by atoms with Gasteiger partial charge in [0.1, 0.15) is 0 Å². The summed E-state index contributed by atoms with van der Waals surface area (Å²) in [6.45, 7) is 4.75. The number of piperidine rings is 1. The summed E-state index contributed by atoms with van der Waals surface area (Å²) in [5.41, 5.74) is 3.83. The third-order valence-electron chi connectivity index (χ3n) is 4.63. The number of hydrogen-bond acceptors (Lipinski definition) is 4. The molecule has 1 saturated carbocycles. The molecule has 0 atom stereocenters. The maximum absolute atomic E-state index is 5.03. The van der Waals surface area contributed by atoms with Gasteiger partial charge in [-0.05, 0) is 44.4 Å². The van der Waals surface area contributed by atoms with Crippen molar-refractivity contribution in [2.45, 2.75) is 57.4 Å². The Morgan fingerprint density at radius 3 is 2.67 bits per heavy atom. The summed E-state index contributed by atoms with van der Waals surface area (Å²) in [6, 6.07) is 0. The van der Waals surface area contributed by atoms with E-state index in [1.165, 1.54) is 69.0 Å². The molecule has 3 rings (SSSR count). The van der Waals surface area contributed by atoms with E-state index in [2.05, 4.69) is 17.4 Å². The highest BCUT2D eigenvalue weighted by Gasteiger charge is 2.38. The molecule has 0 aromatic carbocycles. The summed E-state index contributed by atoms with van der Waals surface area (Å²) in [5.74, 6) is 2.12. The fourth-order valence-electron chi connectivity index (χ4n) is 3.24. The van der Waals surface area contributed by atoms with Gasteiger partial charge in [0.15, 0.2) is 5.17 Å². The number of rotatable bonds is 1. The third kappa shape index (κ3) is 2.85. The highest BCUT2D eigenvalue weighted by Crippen LogP contribution is 2.41. The van der Waals surface area contributed by atoms with Crippen LogP contribution in [0.2, 0.25) is 0 Å². The molecule has 102 valence electrons. The van der Waals surface area contributed by atoms with E-state index >= 15 is 0 Å². The van der Waals surface area contributed by atoms with Crippen molar-refractivity contribution in [1.29, 1.82) is 0 Å². The quantitative estimate of drug-likeness (QED) is 0.791. The van der Waals surface area contributed by atoms with Crippen molar-refractivity contribution in [3.63, 3.8) is 0 Å². The van der Waals surface area contributed by atoms with E-state index in [0.29, 0.717) is 0 Å². The van der Waals surface area contributed by atoms with Gasteiger partial charge in [-0.15, -0.1) is 0 Å². The molecule has 0 unspecified atom stereocenters. The van der Waals surface area contributed by atoms with Crippen molar-refractivity contribution in [3.05, 3.63) is 0 Å². The van der Waals surface area contributed by atoms with Crippen LogP contribution in [0.1, 0.15) is 51.9 Å².